The summed E-state index contributed by atoms with van der Waals surface area (Å²) in [5.41, 5.74) is 0.730. The molecule has 0 spiro atoms. The van der Waals surface area contributed by atoms with E-state index in [-0.39, 0.29) is 22.3 Å². The molecule has 0 atom stereocenters. The van der Waals surface area contributed by atoms with E-state index in [1.807, 2.05) is 0 Å². The van der Waals surface area contributed by atoms with E-state index >= 15 is 0 Å². The number of ether oxygens (including phenoxy) is 1. The number of carbonyl (C=O) groups excluding carboxylic acids is 1. The summed E-state index contributed by atoms with van der Waals surface area (Å²) < 4.78 is 17.9. The molecule has 1 amide bonds. The molecule has 0 unspecified atom stereocenters. The summed E-state index contributed by atoms with van der Waals surface area (Å²) in [4.78, 5) is 22.2. The van der Waals surface area contributed by atoms with Crippen LogP contribution in [0.4, 0.5) is 15.8 Å². The van der Waals surface area contributed by atoms with Crippen molar-refractivity contribution in [3.8, 4) is 5.75 Å². The Morgan fingerprint density at radius 2 is 1.96 bits per heavy atom. The highest BCUT2D eigenvalue weighted by Crippen LogP contribution is 2.28. The average Bonchev–Trinajstić information content (AvgIpc) is 2.61. The largest absolute Gasteiger partial charge is 0.495 e. The highest BCUT2D eigenvalue weighted by atomic mass is 32.1. The molecule has 0 aromatic heterocycles. The molecule has 2 aromatic rings. The fraction of sp³-hybridized carbons (Fsp3) is 0.0588. The standard InChI is InChI=1S/C17H14FN3O4S/c1-25-15-8-7-13(21(23)24)10-14(15)19-17(26)20-16(22)9-4-11-2-5-12(18)6-3-11/h2-10H,1H3,(H2,19,20,22,26)/b9-4+. The molecule has 0 aliphatic carbocycles. The first-order valence-electron chi connectivity index (χ1n) is 7.27. The zero-order valence-electron chi connectivity index (χ0n) is 13.6. The number of amides is 1. The second kappa shape index (κ2) is 8.67. The minimum Gasteiger partial charge on any atom is -0.495 e. The number of hydrogen-bond donors (Lipinski definition) is 2. The van der Waals surface area contributed by atoms with Crippen LogP contribution in [0.15, 0.2) is 48.5 Å². The number of halogens is 1. The van der Waals surface area contributed by atoms with Gasteiger partial charge in [0.1, 0.15) is 11.6 Å². The number of hydrogen-bond acceptors (Lipinski definition) is 5. The summed E-state index contributed by atoms with van der Waals surface area (Å²) in [5.74, 6) is -0.562. The van der Waals surface area contributed by atoms with Gasteiger partial charge >= 0.3 is 0 Å². The SMILES string of the molecule is COc1ccc([N+](=O)[O-])cc1NC(=S)NC(=O)/C=C/c1ccc(F)cc1. The van der Waals surface area contributed by atoms with E-state index in [2.05, 4.69) is 10.6 Å². The Bertz CT molecular complexity index is 869. The molecule has 2 N–H and O–H groups in total. The minimum atomic E-state index is -0.558. The molecule has 0 aliphatic rings. The van der Waals surface area contributed by atoms with Gasteiger partial charge in [-0.2, -0.15) is 0 Å². The maximum absolute atomic E-state index is 12.8. The monoisotopic (exact) mass is 375 g/mol. The van der Waals surface area contributed by atoms with Crippen molar-refractivity contribution >= 4 is 40.7 Å². The summed E-state index contributed by atoms with van der Waals surface area (Å²) >= 11 is 5.02. The van der Waals surface area contributed by atoms with Crippen molar-refractivity contribution in [3.05, 3.63) is 70.0 Å². The van der Waals surface area contributed by atoms with Gasteiger partial charge in [-0.25, -0.2) is 4.39 Å². The van der Waals surface area contributed by atoms with Crippen LogP contribution >= 0.6 is 12.2 Å². The molecule has 2 rings (SSSR count). The molecule has 134 valence electrons. The van der Waals surface area contributed by atoms with Crippen LogP contribution in [0.1, 0.15) is 5.56 Å². The van der Waals surface area contributed by atoms with Gasteiger partial charge in [0.05, 0.1) is 17.7 Å². The molecule has 0 saturated heterocycles. The predicted octanol–water partition coefficient (Wildman–Crippen LogP) is 3.27. The fourth-order valence-corrected chi connectivity index (χ4v) is 2.17. The predicted molar refractivity (Wildman–Crippen MR) is 99.4 cm³/mol. The van der Waals surface area contributed by atoms with Gasteiger partial charge in [0.2, 0.25) is 5.91 Å². The molecule has 2 aromatic carbocycles. The lowest BCUT2D eigenvalue weighted by Gasteiger charge is -2.11. The number of nitro groups is 1. The number of nitrogens with one attached hydrogen (secondary N) is 2. The smallest absolute Gasteiger partial charge is 0.271 e. The molecule has 0 saturated carbocycles. The average molecular weight is 375 g/mol. The van der Waals surface area contributed by atoms with E-state index in [1.165, 1.54) is 61.7 Å². The lowest BCUT2D eigenvalue weighted by molar-refractivity contribution is -0.384. The zero-order valence-corrected chi connectivity index (χ0v) is 14.4. The van der Waals surface area contributed by atoms with Crippen molar-refractivity contribution in [3.63, 3.8) is 0 Å². The van der Waals surface area contributed by atoms with Gasteiger partial charge in [-0.05, 0) is 42.1 Å². The first kappa shape index (κ1) is 19.0. The van der Waals surface area contributed by atoms with Gasteiger partial charge in [-0.1, -0.05) is 12.1 Å². The molecule has 7 nitrogen and oxygen atoms in total. The van der Waals surface area contributed by atoms with Crippen LogP contribution in [0, 0.1) is 15.9 Å². The number of carbonyl (C=O) groups is 1. The van der Waals surface area contributed by atoms with E-state index < -0.39 is 10.8 Å². The second-order valence-corrected chi connectivity index (χ2v) is 5.38. The van der Waals surface area contributed by atoms with Crippen LogP contribution < -0.4 is 15.4 Å². The zero-order chi connectivity index (χ0) is 19.1. The molecule has 0 radical (unpaired) electrons. The third kappa shape index (κ3) is 5.35. The molecular weight excluding hydrogens is 361 g/mol. The van der Waals surface area contributed by atoms with Crippen LogP contribution in [-0.2, 0) is 4.79 Å². The van der Waals surface area contributed by atoms with E-state index in [1.54, 1.807) is 0 Å². The van der Waals surface area contributed by atoms with Crippen LogP contribution in [0.3, 0.4) is 0 Å². The van der Waals surface area contributed by atoms with Gasteiger partial charge in [0.25, 0.3) is 5.69 Å². The second-order valence-electron chi connectivity index (χ2n) is 4.97. The van der Waals surface area contributed by atoms with Crippen LogP contribution in [0.2, 0.25) is 0 Å². The Morgan fingerprint density at radius 1 is 1.27 bits per heavy atom. The van der Waals surface area contributed by atoms with Crippen molar-refractivity contribution < 1.29 is 18.8 Å². The maximum Gasteiger partial charge on any atom is 0.271 e. The van der Waals surface area contributed by atoms with Gasteiger partial charge in [0.15, 0.2) is 5.11 Å². The van der Waals surface area contributed by atoms with Gasteiger partial charge in [-0.15, -0.1) is 0 Å². The van der Waals surface area contributed by atoms with Gasteiger partial charge < -0.3 is 10.1 Å². The summed E-state index contributed by atoms with van der Waals surface area (Å²) in [6.07, 6.45) is 2.72. The van der Waals surface area contributed by atoms with E-state index in [4.69, 9.17) is 17.0 Å². The Kier molecular flexibility index (Phi) is 6.34. The van der Waals surface area contributed by atoms with E-state index in [0.717, 1.165) is 0 Å². The maximum atomic E-state index is 12.8. The lowest BCUT2D eigenvalue weighted by atomic mass is 10.2. The Hall–Kier alpha value is -3.33. The quantitative estimate of drug-likeness (QED) is 0.361. The Balaban J connectivity index is 2.01. The Labute approximate surface area is 153 Å². The molecule has 26 heavy (non-hydrogen) atoms. The highest BCUT2D eigenvalue weighted by Gasteiger charge is 2.13. The van der Waals surface area contributed by atoms with Crippen molar-refractivity contribution in [1.29, 1.82) is 0 Å². The summed E-state index contributed by atoms with van der Waals surface area (Å²) in [6.45, 7) is 0. The highest BCUT2D eigenvalue weighted by molar-refractivity contribution is 7.80. The van der Waals surface area contributed by atoms with Crippen LogP contribution in [0.5, 0.6) is 5.75 Å². The van der Waals surface area contributed by atoms with E-state index in [0.29, 0.717) is 11.3 Å². The van der Waals surface area contributed by atoms with Crippen LogP contribution in [0.25, 0.3) is 6.08 Å². The number of anilines is 1. The van der Waals surface area contributed by atoms with Gasteiger partial charge in [-0.3, -0.25) is 20.2 Å². The van der Waals surface area contributed by atoms with Crippen molar-refractivity contribution in [1.82, 2.24) is 5.32 Å². The molecule has 0 bridgehead atoms. The number of nitro benzene ring substituents is 1. The summed E-state index contributed by atoms with van der Waals surface area (Å²) in [5, 5.41) is 15.9. The molecule has 0 aliphatic heterocycles. The fourth-order valence-electron chi connectivity index (χ4n) is 1.96. The molecule has 0 fully saturated rings. The van der Waals surface area contributed by atoms with Crippen molar-refractivity contribution in [2.45, 2.75) is 0 Å². The topological polar surface area (TPSA) is 93.5 Å². The number of thiocarbonyl (C=S) groups is 1. The number of benzene rings is 2. The molecule has 9 heteroatoms. The number of nitrogens with zero attached hydrogens (tertiary/aromatic N) is 1. The first-order valence-corrected chi connectivity index (χ1v) is 7.68. The summed E-state index contributed by atoms with van der Waals surface area (Å²) in [6, 6.07) is 9.53. The Morgan fingerprint density at radius 3 is 2.58 bits per heavy atom. The normalized spacial score (nSPS) is 10.4. The summed E-state index contributed by atoms with van der Waals surface area (Å²) in [7, 11) is 1.40. The van der Waals surface area contributed by atoms with Crippen molar-refractivity contribution in [2.24, 2.45) is 0 Å². The number of rotatable bonds is 5. The van der Waals surface area contributed by atoms with E-state index in [9.17, 15) is 19.3 Å². The van der Waals surface area contributed by atoms with Crippen molar-refractivity contribution in [2.75, 3.05) is 12.4 Å². The third-order valence-corrected chi connectivity index (χ3v) is 3.38. The third-order valence-electron chi connectivity index (χ3n) is 3.18. The molecule has 0 heterocycles. The number of methoxy groups -OCH3 is 1. The molecular formula is C17H14FN3O4S. The minimum absolute atomic E-state index is 0.0578. The lowest BCUT2D eigenvalue weighted by Crippen LogP contribution is -2.32. The van der Waals surface area contributed by atoms with Crippen LogP contribution in [-0.4, -0.2) is 23.1 Å². The first-order chi connectivity index (χ1) is 12.4. The number of non-ortho nitro benzene ring substituents is 1. The van der Waals surface area contributed by atoms with Gasteiger partial charge in [0, 0.05) is 18.2 Å².